The smallest absolute Gasteiger partial charge is 0.340 e. The molecule has 0 saturated carbocycles. The molecule has 0 aliphatic rings. The van der Waals surface area contributed by atoms with Gasteiger partial charge in [-0.3, -0.25) is 0 Å². The molecule has 22 heavy (non-hydrogen) atoms. The summed E-state index contributed by atoms with van der Waals surface area (Å²) in [5.41, 5.74) is 2.99. The van der Waals surface area contributed by atoms with E-state index in [2.05, 4.69) is 16.9 Å². The van der Waals surface area contributed by atoms with Crippen molar-refractivity contribution in [2.45, 2.75) is 19.8 Å². The Labute approximate surface area is 129 Å². The lowest BCUT2D eigenvalue weighted by atomic mass is 10.2. The molecule has 0 atom stereocenters. The van der Waals surface area contributed by atoms with E-state index in [1.165, 1.54) is 0 Å². The maximum atomic E-state index is 12.2. The van der Waals surface area contributed by atoms with E-state index in [1.807, 2.05) is 42.5 Å². The van der Waals surface area contributed by atoms with Crippen LogP contribution in [-0.4, -0.2) is 22.5 Å². The summed E-state index contributed by atoms with van der Waals surface area (Å²) < 4.78 is 5.30. The van der Waals surface area contributed by atoms with Crippen molar-refractivity contribution in [1.29, 1.82) is 0 Å². The normalized spacial score (nSPS) is 10.8. The predicted octanol–water partition coefficient (Wildman–Crippen LogP) is 4.19. The highest BCUT2D eigenvalue weighted by Gasteiger charge is 2.15. The van der Waals surface area contributed by atoms with Crippen LogP contribution in [-0.2, 0) is 4.74 Å². The third kappa shape index (κ3) is 2.86. The SMILES string of the molecule is CCCCOC(=O)c1cccc2[nH]c(-c3ccccc3)nc12. The lowest BCUT2D eigenvalue weighted by molar-refractivity contribution is 0.0502. The third-order valence-electron chi connectivity index (χ3n) is 3.51. The Morgan fingerprint density at radius 3 is 2.73 bits per heavy atom. The molecule has 112 valence electrons. The number of ether oxygens (including phenoxy) is 1. The van der Waals surface area contributed by atoms with Gasteiger partial charge < -0.3 is 9.72 Å². The maximum Gasteiger partial charge on any atom is 0.340 e. The number of benzene rings is 2. The van der Waals surface area contributed by atoms with E-state index in [9.17, 15) is 4.79 Å². The standard InChI is InChI=1S/C18H18N2O2/c1-2-3-12-22-18(21)14-10-7-11-15-16(14)20-17(19-15)13-8-5-4-6-9-13/h4-11H,2-3,12H2,1H3,(H,19,20). The molecule has 0 radical (unpaired) electrons. The molecule has 3 rings (SSSR count). The zero-order valence-corrected chi connectivity index (χ0v) is 12.5. The number of imidazole rings is 1. The number of rotatable bonds is 5. The van der Waals surface area contributed by atoms with Gasteiger partial charge in [0.1, 0.15) is 11.3 Å². The number of para-hydroxylation sites is 1. The van der Waals surface area contributed by atoms with Crippen molar-refractivity contribution >= 4 is 17.0 Å². The molecule has 0 amide bonds. The van der Waals surface area contributed by atoms with Gasteiger partial charge in [0.25, 0.3) is 0 Å². The summed E-state index contributed by atoms with van der Waals surface area (Å²) in [5, 5.41) is 0. The van der Waals surface area contributed by atoms with Crippen molar-refractivity contribution in [1.82, 2.24) is 9.97 Å². The number of aromatic nitrogens is 2. The average molecular weight is 294 g/mol. The highest BCUT2D eigenvalue weighted by molar-refractivity contribution is 6.02. The van der Waals surface area contributed by atoms with E-state index in [4.69, 9.17) is 4.74 Å². The fourth-order valence-electron chi connectivity index (χ4n) is 2.32. The maximum absolute atomic E-state index is 12.2. The molecule has 1 N–H and O–H groups in total. The van der Waals surface area contributed by atoms with Crippen molar-refractivity contribution in [2.75, 3.05) is 6.61 Å². The van der Waals surface area contributed by atoms with Crippen LogP contribution >= 0.6 is 0 Å². The number of carbonyl (C=O) groups is 1. The van der Waals surface area contributed by atoms with Crippen molar-refractivity contribution in [3.05, 3.63) is 54.1 Å². The Morgan fingerprint density at radius 1 is 1.14 bits per heavy atom. The van der Waals surface area contributed by atoms with Gasteiger partial charge in [-0.15, -0.1) is 0 Å². The second-order valence-electron chi connectivity index (χ2n) is 5.14. The molecule has 0 fully saturated rings. The number of carbonyl (C=O) groups excluding carboxylic acids is 1. The highest BCUT2D eigenvalue weighted by atomic mass is 16.5. The Hall–Kier alpha value is -2.62. The number of hydrogen-bond acceptors (Lipinski definition) is 3. The molecule has 2 aromatic carbocycles. The van der Waals surface area contributed by atoms with Crippen LogP contribution in [0.25, 0.3) is 22.4 Å². The number of aromatic amines is 1. The van der Waals surface area contributed by atoms with Gasteiger partial charge in [-0.1, -0.05) is 49.7 Å². The molecule has 0 spiro atoms. The first-order valence-electron chi connectivity index (χ1n) is 7.51. The first-order valence-corrected chi connectivity index (χ1v) is 7.51. The summed E-state index contributed by atoms with van der Waals surface area (Å²) in [7, 11) is 0. The second kappa shape index (κ2) is 6.43. The van der Waals surface area contributed by atoms with Gasteiger partial charge in [-0.2, -0.15) is 0 Å². The summed E-state index contributed by atoms with van der Waals surface area (Å²) in [6.45, 7) is 2.51. The van der Waals surface area contributed by atoms with E-state index in [0.29, 0.717) is 17.7 Å². The fraction of sp³-hybridized carbons (Fsp3) is 0.222. The molecule has 3 aromatic rings. The molecular formula is C18H18N2O2. The first-order chi connectivity index (χ1) is 10.8. The van der Waals surface area contributed by atoms with Crippen LogP contribution in [0, 0.1) is 0 Å². The van der Waals surface area contributed by atoms with Crippen LogP contribution in [0.4, 0.5) is 0 Å². The number of unbranched alkanes of at least 4 members (excludes halogenated alkanes) is 1. The zero-order valence-electron chi connectivity index (χ0n) is 12.5. The summed E-state index contributed by atoms with van der Waals surface area (Å²) in [4.78, 5) is 20.0. The summed E-state index contributed by atoms with van der Waals surface area (Å²) in [6.07, 6.45) is 1.87. The lowest BCUT2D eigenvalue weighted by Crippen LogP contribution is -2.06. The number of hydrogen-bond donors (Lipinski definition) is 1. The van der Waals surface area contributed by atoms with E-state index in [1.54, 1.807) is 6.07 Å². The first kappa shape index (κ1) is 14.3. The molecule has 0 aliphatic heterocycles. The predicted molar refractivity (Wildman–Crippen MR) is 86.7 cm³/mol. The van der Waals surface area contributed by atoms with Crippen molar-refractivity contribution < 1.29 is 9.53 Å². The molecule has 4 nitrogen and oxygen atoms in total. The zero-order chi connectivity index (χ0) is 15.4. The van der Waals surface area contributed by atoms with Crippen molar-refractivity contribution in [2.24, 2.45) is 0 Å². The van der Waals surface area contributed by atoms with E-state index in [0.717, 1.165) is 29.7 Å². The number of H-pyrrole nitrogens is 1. The van der Waals surface area contributed by atoms with Crippen LogP contribution in [0.5, 0.6) is 0 Å². The minimum atomic E-state index is -0.315. The number of nitrogens with zero attached hydrogens (tertiary/aromatic N) is 1. The summed E-state index contributed by atoms with van der Waals surface area (Å²) >= 11 is 0. The minimum absolute atomic E-state index is 0.315. The lowest BCUT2D eigenvalue weighted by Gasteiger charge is -2.04. The Bertz CT molecular complexity index is 778. The van der Waals surface area contributed by atoms with Crippen LogP contribution in [0.2, 0.25) is 0 Å². The van der Waals surface area contributed by atoms with Gasteiger partial charge in [0, 0.05) is 5.56 Å². The van der Waals surface area contributed by atoms with Gasteiger partial charge >= 0.3 is 5.97 Å². The topological polar surface area (TPSA) is 55.0 Å². The molecule has 0 aliphatic carbocycles. The number of esters is 1. The van der Waals surface area contributed by atoms with Crippen LogP contribution in [0.3, 0.4) is 0 Å². The van der Waals surface area contributed by atoms with Gasteiger partial charge in [-0.05, 0) is 18.6 Å². The number of nitrogens with one attached hydrogen (secondary N) is 1. The largest absolute Gasteiger partial charge is 0.462 e. The minimum Gasteiger partial charge on any atom is -0.462 e. The average Bonchev–Trinajstić information content (AvgIpc) is 3.00. The molecule has 0 saturated heterocycles. The van der Waals surface area contributed by atoms with E-state index >= 15 is 0 Å². The molecular weight excluding hydrogens is 276 g/mol. The van der Waals surface area contributed by atoms with Crippen LogP contribution in [0.15, 0.2) is 48.5 Å². The monoisotopic (exact) mass is 294 g/mol. The number of fused-ring (bicyclic) bond motifs is 1. The quantitative estimate of drug-likeness (QED) is 0.567. The van der Waals surface area contributed by atoms with Crippen LogP contribution < -0.4 is 0 Å². The van der Waals surface area contributed by atoms with Crippen molar-refractivity contribution in [3.8, 4) is 11.4 Å². The molecule has 0 bridgehead atoms. The summed E-state index contributed by atoms with van der Waals surface area (Å²) in [6, 6.07) is 15.4. The van der Waals surface area contributed by atoms with Crippen molar-refractivity contribution in [3.63, 3.8) is 0 Å². The van der Waals surface area contributed by atoms with Gasteiger partial charge in [-0.25, -0.2) is 9.78 Å². The van der Waals surface area contributed by atoms with Gasteiger partial charge in [0.05, 0.1) is 17.7 Å². The fourth-order valence-corrected chi connectivity index (χ4v) is 2.32. The molecule has 0 unspecified atom stereocenters. The van der Waals surface area contributed by atoms with E-state index in [-0.39, 0.29) is 5.97 Å². The van der Waals surface area contributed by atoms with E-state index < -0.39 is 0 Å². The third-order valence-corrected chi connectivity index (χ3v) is 3.51. The van der Waals surface area contributed by atoms with Gasteiger partial charge in [0.2, 0.25) is 0 Å². The Balaban J connectivity index is 1.95. The Kier molecular flexibility index (Phi) is 4.19. The molecule has 1 heterocycles. The highest BCUT2D eigenvalue weighted by Crippen LogP contribution is 2.23. The summed E-state index contributed by atoms with van der Waals surface area (Å²) in [5.74, 6) is 0.439. The molecule has 1 aromatic heterocycles. The Morgan fingerprint density at radius 2 is 1.95 bits per heavy atom. The van der Waals surface area contributed by atoms with Gasteiger partial charge in [0.15, 0.2) is 0 Å². The molecule has 4 heteroatoms. The van der Waals surface area contributed by atoms with Crippen LogP contribution in [0.1, 0.15) is 30.1 Å². The second-order valence-corrected chi connectivity index (χ2v) is 5.14.